The highest BCUT2D eigenvalue weighted by Gasteiger charge is 2.24. The first-order valence-electron chi connectivity index (χ1n) is 8.38. The Morgan fingerprint density at radius 1 is 1.38 bits per heavy atom. The van der Waals surface area contributed by atoms with Crippen LogP contribution >= 0.6 is 24.2 Å². The first kappa shape index (κ1) is 20.5. The summed E-state index contributed by atoms with van der Waals surface area (Å²) in [5, 5.41) is 12.3. The van der Waals surface area contributed by atoms with E-state index in [-0.39, 0.29) is 24.5 Å². The largest absolute Gasteiger partial charge is 0.445 e. The molecule has 7 nitrogen and oxygen atoms in total. The summed E-state index contributed by atoms with van der Waals surface area (Å²) in [6, 6.07) is 10.0. The molecule has 0 unspecified atom stereocenters. The molecule has 142 valence electrons. The fourth-order valence-electron chi connectivity index (χ4n) is 2.69. The number of piperazine rings is 1. The van der Waals surface area contributed by atoms with Gasteiger partial charge in [-0.3, -0.25) is 0 Å². The predicted octanol–water partition coefficient (Wildman–Crippen LogP) is 2.33. The van der Waals surface area contributed by atoms with Crippen molar-refractivity contribution in [3.63, 3.8) is 0 Å². The third kappa shape index (κ3) is 5.89. The molecule has 0 bridgehead atoms. The van der Waals surface area contributed by atoms with Gasteiger partial charge in [-0.1, -0.05) is 42.1 Å². The Hall–Kier alpha value is -1.77. The van der Waals surface area contributed by atoms with E-state index in [9.17, 15) is 4.79 Å². The van der Waals surface area contributed by atoms with Crippen LogP contribution in [0.5, 0.6) is 0 Å². The van der Waals surface area contributed by atoms with E-state index in [1.807, 2.05) is 41.9 Å². The molecule has 1 fully saturated rings. The van der Waals surface area contributed by atoms with Crippen molar-refractivity contribution in [1.82, 2.24) is 25.0 Å². The lowest BCUT2D eigenvalue weighted by Gasteiger charge is -2.33. The van der Waals surface area contributed by atoms with Crippen molar-refractivity contribution in [2.24, 2.45) is 7.05 Å². The summed E-state index contributed by atoms with van der Waals surface area (Å²) < 4.78 is 7.34. The number of aryl methyl sites for hydroxylation is 1. The van der Waals surface area contributed by atoms with E-state index >= 15 is 0 Å². The van der Waals surface area contributed by atoms with Crippen molar-refractivity contribution < 1.29 is 9.53 Å². The molecule has 0 spiro atoms. The Balaban J connectivity index is 0.00000243. The van der Waals surface area contributed by atoms with E-state index in [0.29, 0.717) is 19.7 Å². The molecule has 1 amide bonds. The SMILES string of the molecule is Cl.Cn1cnnc1SCC[C@@H]1CN(C(=O)OCc2ccccc2)CCN1. The average Bonchev–Trinajstić information content (AvgIpc) is 3.06. The molecule has 1 saturated heterocycles. The summed E-state index contributed by atoms with van der Waals surface area (Å²) in [6.45, 7) is 2.46. The number of amides is 1. The van der Waals surface area contributed by atoms with Crippen molar-refractivity contribution in [2.75, 3.05) is 25.4 Å². The van der Waals surface area contributed by atoms with Gasteiger partial charge in [0.25, 0.3) is 0 Å². The molecule has 3 rings (SSSR count). The highest BCUT2D eigenvalue weighted by Crippen LogP contribution is 2.16. The number of benzene rings is 1. The molecule has 0 radical (unpaired) electrons. The highest BCUT2D eigenvalue weighted by atomic mass is 35.5. The average molecular weight is 398 g/mol. The number of hydrogen-bond acceptors (Lipinski definition) is 6. The number of thioether (sulfide) groups is 1. The summed E-state index contributed by atoms with van der Waals surface area (Å²) in [6.07, 6.45) is 2.42. The number of carbonyl (C=O) groups excluding carboxylic acids is 1. The van der Waals surface area contributed by atoms with Gasteiger partial charge in [0.15, 0.2) is 5.16 Å². The first-order valence-corrected chi connectivity index (χ1v) is 9.37. The number of nitrogens with zero attached hydrogens (tertiary/aromatic N) is 4. The van der Waals surface area contributed by atoms with E-state index in [1.54, 1.807) is 23.0 Å². The molecule has 2 aromatic rings. The molecule has 9 heteroatoms. The van der Waals surface area contributed by atoms with Gasteiger partial charge >= 0.3 is 6.09 Å². The molecule has 1 aliphatic heterocycles. The van der Waals surface area contributed by atoms with Crippen LogP contribution in [-0.4, -0.2) is 57.2 Å². The lowest BCUT2D eigenvalue weighted by molar-refractivity contribution is 0.0847. The van der Waals surface area contributed by atoms with Crippen LogP contribution in [0.15, 0.2) is 41.8 Å². The summed E-state index contributed by atoms with van der Waals surface area (Å²) in [7, 11) is 1.94. The second kappa shape index (κ2) is 10.4. The lowest BCUT2D eigenvalue weighted by atomic mass is 10.2. The normalized spacial score (nSPS) is 16.8. The number of hydrogen-bond donors (Lipinski definition) is 1. The van der Waals surface area contributed by atoms with Gasteiger partial charge in [0.05, 0.1) is 0 Å². The Morgan fingerprint density at radius 3 is 2.92 bits per heavy atom. The smallest absolute Gasteiger partial charge is 0.410 e. The second-order valence-electron chi connectivity index (χ2n) is 6.00. The van der Waals surface area contributed by atoms with Crippen molar-refractivity contribution in [1.29, 1.82) is 0 Å². The van der Waals surface area contributed by atoms with Crippen LogP contribution in [-0.2, 0) is 18.4 Å². The zero-order chi connectivity index (χ0) is 17.5. The molecular formula is C17H24ClN5O2S. The molecular weight excluding hydrogens is 374 g/mol. The third-order valence-electron chi connectivity index (χ3n) is 4.09. The second-order valence-corrected chi connectivity index (χ2v) is 7.06. The van der Waals surface area contributed by atoms with Gasteiger partial charge in [0.1, 0.15) is 12.9 Å². The molecule has 1 aromatic heterocycles. The van der Waals surface area contributed by atoms with Crippen LogP contribution < -0.4 is 5.32 Å². The van der Waals surface area contributed by atoms with E-state index in [1.165, 1.54) is 0 Å². The number of ether oxygens (including phenoxy) is 1. The van der Waals surface area contributed by atoms with Gasteiger partial charge in [0, 0.05) is 38.5 Å². The molecule has 1 aromatic carbocycles. The Morgan fingerprint density at radius 2 is 2.19 bits per heavy atom. The molecule has 26 heavy (non-hydrogen) atoms. The van der Waals surface area contributed by atoms with Crippen molar-refractivity contribution in [3.8, 4) is 0 Å². The van der Waals surface area contributed by atoms with Crippen LogP contribution in [0.25, 0.3) is 0 Å². The highest BCUT2D eigenvalue weighted by molar-refractivity contribution is 7.99. The van der Waals surface area contributed by atoms with Gasteiger partial charge in [-0.15, -0.1) is 22.6 Å². The lowest BCUT2D eigenvalue weighted by Crippen LogP contribution is -2.52. The van der Waals surface area contributed by atoms with Gasteiger partial charge in [-0.05, 0) is 12.0 Å². The fourth-order valence-corrected chi connectivity index (χ4v) is 3.63. The zero-order valence-corrected chi connectivity index (χ0v) is 16.3. The Labute approximate surface area is 163 Å². The number of rotatable bonds is 6. The van der Waals surface area contributed by atoms with Gasteiger partial charge in [-0.25, -0.2) is 4.79 Å². The summed E-state index contributed by atoms with van der Waals surface area (Å²) in [5.74, 6) is 0.928. The van der Waals surface area contributed by atoms with Crippen molar-refractivity contribution in [3.05, 3.63) is 42.2 Å². The topological polar surface area (TPSA) is 72.3 Å². The fraction of sp³-hybridized carbons (Fsp3) is 0.471. The third-order valence-corrected chi connectivity index (χ3v) is 5.15. The van der Waals surface area contributed by atoms with Gasteiger partial charge < -0.3 is 19.5 Å². The minimum absolute atomic E-state index is 0. The summed E-state index contributed by atoms with van der Waals surface area (Å²) in [5.41, 5.74) is 1.00. The maximum atomic E-state index is 12.3. The van der Waals surface area contributed by atoms with E-state index in [2.05, 4.69) is 15.5 Å². The molecule has 1 aliphatic rings. The summed E-state index contributed by atoms with van der Waals surface area (Å²) in [4.78, 5) is 14.1. The quantitative estimate of drug-likeness (QED) is 0.754. The number of nitrogens with one attached hydrogen (secondary N) is 1. The molecule has 0 saturated carbocycles. The van der Waals surface area contributed by atoms with Crippen LogP contribution in [0, 0.1) is 0 Å². The standard InChI is InChI=1S/C17H23N5O2S.ClH/c1-21-13-19-20-16(21)25-10-7-15-11-22(9-8-18-15)17(23)24-12-14-5-3-2-4-6-14;/h2-6,13,15,18H,7-12H2,1H3;1H/t15-;/m1./s1. The minimum atomic E-state index is -0.240. The van der Waals surface area contributed by atoms with Crippen molar-refractivity contribution in [2.45, 2.75) is 24.2 Å². The van der Waals surface area contributed by atoms with E-state index in [0.717, 1.165) is 29.4 Å². The Bertz CT molecular complexity index is 685. The van der Waals surface area contributed by atoms with Crippen molar-refractivity contribution >= 4 is 30.3 Å². The maximum Gasteiger partial charge on any atom is 0.410 e. The van der Waals surface area contributed by atoms with Crippen LogP contribution in [0.3, 0.4) is 0 Å². The Kier molecular flexibility index (Phi) is 8.21. The summed E-state index contributed by atoms with van der Waals surface area (Å²) >= 11 is 1.68. The van der Waals surface area contributed by atoms with Gasteiger partial charge in [-0.2, -0.15) is 0 Å². The molecule has 2 heterocycles. The monoisotopic (exact) mass is 397 g/mol. The van der Waals surface area contributed by atoms with E-state index < -0.39 is 0 Å². The van der Waals surface area contributed by atoms with Crippen LogP contribution in [0.1, 0.15) is 12.0 Å². The van der Waals surface area contributed by atoms with Gasteiger partial charge in [0.2, 0.25) is 0 Å². The van der Waals surface area contributed by atoms with E-state index in [4.69, 9.17) is 4.74 Å². The van der Waals surface area contributed by atoms with Crippen LogP contribution in [0.2, 0.25) is 0 Å². The maximum absolute atomic E-state index is 12.3. The molecule has 0 aliphatic carbocycles. The number of halogens is 1. The molecule has 1 atom stereocenters. The zero-order valence-electron chi connectivity index (χ0n) is 14.7. The number of aromatic nitrogens is 3. The first-order chi connectivity index (χ1) is 12.2. The van der Waals surface area contributed by atoms with Crippen LogP contribution in [0.4, 0.5) is 4.79 Å². The minimum Gasteiger partial charge on any atom is -0.445 e. The molecule has 1 N–H and O–H groups in total. The number of carbonyl (C=O) groups is 1. The predicted molar refractivity (Wildman–Crippen MR) is 104 cm³/mol.